The molecule has 2 atom stereocenters. The van der Waals surface area contributed by atoms with Crippen molar-refractivity contribution in [3.63, 3.8) is 0 Å². The Kier molecular flexibility index (Phi) is 1.80. The summed E-state index contributed by atoms with van der Waals surface area (Å²) in [5.74, 6) is 0.514. The maximum absolute atomic E-state index is 9.74. The normalized spacial score (nSPS) is 24.7. The van der Waals surface area contributed by atoms with E-state index in [-0.39, 0.29) is 0 Å². The molecular weight excluding hydrogens is 216 g/mol. The highest BCUT2D eigenvalue weighted by molar-refractivity contribution is 6.31. The van der Waals surface area contributed by atoms with E-state index in [0.717, 1.165) is 5.52 Å². The second-order valence-electron chi connectivity index (χ2n) is 3.71. The number of rotatable bonds is 0. The Labute approximate surface area is 90.7 Å². The molecule has 1 aromatic heterocycles. The predicted molar refractivity (Wildman–Crippen MR) is 55.6 cm³/mol. The number of hydrogen-bond donors (Lipinski definition) is 2. The first-order valence-corrected chi connectivity index (χ1v) is 5.08. The smallest absolute Gasteiger partial charge is 0.141 e. The minimum atomic E-state index is -0.693. The number of hydrogen-bond acceptors (Lipinski definition) is 3. The van der Waals surface area contributed by atoms with Gasteiger partial charge in [0.15, 0.2) is 0 Å². The number of aliphatic hydroxyl groups excluding tert-OH is 2. The molecule has 1 unspecified atom stereocenters. The van der Waals surface area contributed by atoms with E-state index in [1.165, 1.54) is 0 Å². The van der Waals surface area contributed by atoms with Gasteiger partial charge in [-0.1, -0.05) is 11.6 Å². The van der Waals surface area contributed by atoms with Gasteiger partial charge in [-0.2, -0.15) is 0 Å². The molecule has 0 fully saturated rings. The first-order chi connectivity index (χ1) is 7.16. The van der Waals surface area contributed by atoms with E-state index in [9.17, 15) is 10.2 Å². The highest BCUT2D eigenvalue weighted by Crippen LogP contribution is 2.36. The molecule has 0 amide bonds. The van der Waals surface area contributed by atoms with Gasteiger partial charge in [-0.25, -0.2) is 4.98 Å². The van der Waals surface area contributed by atoms with E-state index in [1.807, 2.05) is 0 Å². The van der Waals surface area contributed by atoms with Crippen LogP contribution in [0.5, 0.6) is 0 Å². The molecule has 0 spiro atoms. The topological polar surface area (TPSA) is 58.3 Å². The fourth-order valence-electron chi connectivity index (χ4n) is 2.05. The van der Waals surface area contributed by atoms with Crippen LogP contribution in [-0.2, 0) is 0 Å². The number of aliphatic hydroxyl groups is 2. The Balaban J connectivity index is 2.34. The molecule has 0 saturated heterocycles. The third-order valence-corrected chi connectivity index (χ3v) is 2.94. The fourth-order valence-corrected chi connectivity index (χ4v) is 2.22. The summed E-state index contributed by atoms with van der Waals surface area (Å²) in [6, 6.07) is 5.27. The third kappa shape index (κ3) is 1.19. The highest BCUT2D eigenvalue weighted by Gasteiger charge is 2.31. The van der Waals surface area contributed by atoms with Gasteiger partial charge in [0.25, 0.3) is 0 Å². The molecule has 0 radical (unpaired) electrons. The average molecular weight is 225 g/mol. The molecule has 2 aromatic rings. The largest absolute Gasteiger partial charge is 0.385 e. The van der Waals surface area contributed by atoms with Crippen LogP contribution in [0, 0.1) is 0 Å². The van der Waals surface area contributed by atoms with Gasteiger partial charge in [0.05, 0.1) is 11.0 Å². The van der Waals surface area contributed by atoms with Gasteiger partial charge in [-0.05, 0) is 18.2 Å². The second kappa shape index (κ2) is 2.95. The Hall–Kier alpha value is -1.10. The highest BCUT2D eigenvalue weighted by atomic mass is 35.5. The maximum Gasteiger partial charge on any atom is 0.141 e. The van der Waals surface area contributed by atoms with E-state index >= 15 is 0 Å². The van der Waals surface area contributed by atoms with Gasteiger partial charge in [0.2, 0.25) is 0 Å². The quantitative estimate of drug-likeness (QED) is 0.715. The van der Waals surface area contributed by atoms with Crippen LogP contribution in [0.25, 0.3) is 11.0 Å². The number of nitrogens with zero attached hydrogens (tertiary/aromatic N) is 2. The second-order valence-corrected chi connectivity index (χ2v) is 4.14. The fraction of sp³-hybridized carbons (Fsp3) is 0.300. The molecule has 2 N–H and O–H groups in total. The van der Waals surface area contributed by atoms with E-state index in [4.69, 9.17) is 11.6 Å². The van der Waals surface area contributed by atoms with Crippen molar-refractivity contribution in [3.8, 4) is 0 Å². The Morgan fingerprint density at radius 2 is 2.20 bits per heavy atom. The summed E-state index contributed by atoms with van der Waals surface area (Å²) < 4.78 is 1.65. The van der Waals surface area contributed by atoms with Gasteiger partial charge in [0, 0.05) is 11.4 Å². The summed E-state index contributed by atoms with van der Waals surface area (Å²) in [6.45, 7) is 0. The van der Waals surface area contributed by atoms with E-state index in [2.05, 4.69) is 4.98 Å². The lowest BCUT2D eigenvalue weighted by molar-refractivity contribution is 0.0788. The van der Waals surface area contributed by atoms with Crippen molar-refractivity contribution in [2.75, 3.05) is 0 Å². The summed E-state index contributed by atoms with van der Waals surface area (Å²) >= 11 is 5.84. The van der Waals surface area contributed by atoms with Crippen LogP contribution in [-0.4, -0.2) is 19.8 Å². The van der Waals surface area contributed by atoms with Crippen LogP contribution in [0.2, 0.25) is 5.02 Å². The van der Waals surface area contributed by atoms with Crippen molar-refractivity contribution in [1.29, 1.82) is 0 Å². The molecule has 0 saturated carbocycles. The van der Waals surface area contributed by atoms with E-state index in [1.54, 1.807) is 22.8 Å². The molecule has 2 heterocycles. The summed E-state index contributed by atoms with van der Waals surface area (Å²) in [4.78, 5) is 4.25. The lowest BCUT2D eigenvalue weighted by Gasteiger charge is -2.05. The van der Waals surface area contributed by atoms with Crippen molar-refractivity contribution in [3.05, 3.63) is 29.0 Å². The number of aromatic nitrogens is 2. The van der Waals surface area contributed by atoms with Gasteiger partial charge in [0.1, 0.15) is 18.2 Å². The van der Waals surface area contributed by atoms with Crippen molar-refractivity contribution in [2.45, 2.75) is 18.8 Å². The Morgan fingerprint density at radius 1 is 1.40 bits per heavy atom. The summed E-state index contributed by atoms with van der Waals surface area (Å²) in [6.07, 6.45) is -1.08. The Bertz CT molecular complexity index is 537. The lowest BCUT2D eigenvalue weighted by atomic mass is 10.2. The molecule has 5 heteroatoms. The minimum Gasteiger partial charge on any atom is -0.385 e. The molecule has 78 valence electrons. The van der Waals surface area contributed by atoms with Crippen molar-refractivity contribution < 1.29 is 10.2 Å². The van der Waals surface area contributed by atoms with Crippen LogP contribution in [0.4, 0.5) is 0 Å². The lowest BCUT2D eigenvalue weighted by Crippen LogP contribution is -2.01. The number of benzene rings is 1. The van der Waals surface area contributed by atoms with Gasteiger partial charge >= 0.3 is 0 Å². The summed E-state index contributed by atoms with van der Waals surface area (Å²) in [5, 5.41) is 20.0. The first-order valence-electron chi connectivity index (χ1n) is 4.70. The van der Waals surface area contributed by atoms with E-state index < -0.39 is 12.3 Å². The molecule has 4 nitrogen and oxygen atoms in total. The summed E-state index contributed by atoms with van der Waals surface area (Å²) in [7, 11) is 0. The van der Waals surface area contributed by atoms with Crippen molar-refractivity contribution in [2.24, 2.45) is 0 Å². The van der Waals surface area contributed by atoms with Crippen LogP contribution in [0.15, 0.2) is 18.2 Å². The maximum atomic E-state index is 9.74. The standard InChI is InChI=1S/C10H9ClN2O2/c11-5-1-2-7-6(3-5)12-10-8(14)4-9(15)13(7)10/h1-3,8-9,14-15H,4H2/t8-,9?/m0/s1. The van der Waals surface area contributed by atoms with Crippen LogP contribution in [0.1, 0.15) is 24.6 Å². The van der Waals surface area contributed by atoms with Gasteiger partial charge in [-0.3, -0.25) is 4.57 Å². The van der Waals surface area contributed by atoms with Crippen LogP contribution in [0.3, 0.4) is 0 Å². The molecule has 1 aliphatic heterocycles. The van der Waals surface area contributed by atoms with Crippen LogP contribution >= 0.6 is 11.6 Å². The Morgan fingerprint density at radius 3 is 3.00 bits per heavy atom. The van der Waals surface area contributed by atoms with Gasteiger partial charge in [-0.15, -0.1) is 0 Å². The zero-order valence-corrected chi connectivity index (χ0v) is 8.52. The molecule has 1 aromatic carbocycles. The van der Waals surface area contributed by atoms with E-state index in [0.29, 0.717) is 22.8 Å². The van der Waals surface area contributed by atoms with Crippen LogP contribution < -0.4 is 0 Å². The number of halogens is 1. The summed E-state index contributed by atoms with van der Waals surface area (Å²) in [5.41, 5.74) is 1.51. The average Bonchev–Trinajstić information content (AvgIpc) is 2.66. The third-order valence-electron chi connectivity index (χ3n) is 2.71. The molecule has 0 aliphatic carbocycles. The first kappa shape index (κ1) is 9.15. The zero-order chi connectivity index (χ0) is 10.6. The van der Waals surface area contributed by atoms with Crippen molar-refractivity contribution in [1.82, 2.24) is 9.55 Å². The van der Waals surface area contributed by atoms with Crippen molar-refractivity contribution >= 4 is 22.6 Å². The molecule has 3 rings (SSSR count). The molecule has 15 heavy (non-hydrogen) atoms. The zero-order valence-electron chi connectivity index (χ0n) is 7.76. The molecule has 1 aliphatic rings. The minimum absolute atomic E-state index is 0.306. The van der Waals surface area contributed by atoms with Gasteiger partial charge < -0.3 is 10.2 Å². The SMILES string of the molecule is OC1C[C@H](O)c2nc3cc(Cl)ccc3n21. The molecule has 0 bridgehead atoms. The predicted octanol–water partition coefficient (Wildman–Crippen LogP) is 1.62. The number of imidazole rings is 1. The number of fused-ring (bicyclic) bond motifs is 3. The molecular formula is C10H9ClN2O2. The monoisotopic (exact) mass is 224 g/mol.